The first-order valence-electron chi connectivity index (χ1n) is 6.48. The minimum atomic E-state index is -3.77. The number of rotatable bonds is 7. The Kier molecular flexibility index (Phi) is 5.13. The molecule has 6 nitrogen and oxygen atoms in total. The smallest absolute Gasteiger partial charge is 0.346 e. The third kappa shape index (κ3) is 4.31. The Morgan fingerprint density at radius 3 is 2.14 bits per heavy atom. The maximum Gasteiger partial charge on any atom is 0.346 e. The van der Waals surface area contributed by atoms with Gasteiger partial charge in [-0.3, -0.25) is 0 Å². The summed E-state index contributed by atoms with van der Waals surface area (Å²) in [5.41, 5.74) is 0. The third-order valence-electron chi connectivity index (χ3n) is 2.81. The van der Waals surface area contributed by atoms with Crippen molar-refractivity contribution in [2.45, 2.75) is 11.0 Å². The fraction of sp³-hybridized carbons (Fsp3) is 0.133. The molecule has 0 aliphatic rings. The minimum Gasteiger partial charge on any atom is -0.478 e. The summed E-state index contributed by atoms with van der Waals surface area (Å²) in [4.78, 5) is 11.3. The Morgan fingerprint density at radius 1 is 1.05 bits per heavy atom. The van der Waals surface area contributed by atoms with E-state index in [1.165, 1.54) is 12.1 Å². The molecule has 0 amide bonds. The minimum absolute atomic E-state index is 0.0684. The van der Waals surface area contributed by atoms with E-state index < -0.39 is 22.1 Å². The molecular weight excluding hydrogens is 306 g/mol. The van der Waals surface area contributed by atoms with E-state index >= 15 is 0 Å². The largest absolute Gasteiger partial charge is 0.478 e. The summed E-state index contributed by atoms with van der Waals surface area (Å²) in [5, 5.41) is 9.14. The van der Waals surface area contributed by atoms with Crippen molar-refractivity contribution in [2.75, 3.05) is 6.54 Å². The van der Waals surface area contributed by atoms with E-state index in [2.05, 4.69) is 4.72 Å². The van der Waals surface area contributed by atoms with Crippen molar-refractivity contribution in [1.82, 2.24) is 4.72 Å². The zero-order valence-corrected chi connectivity index (χ0v) is 12.4. The van der Waals surface area contributed by atoms with E-state index in [-0.39, 0.29) is 11.4 Å². The Morgan fingerprint density at radius 2 is 1.59 bits per heavy atom. The lowest BCUT2D eigenvalue weighted by Gasteiger charge is -2.16. The van der Waals surface area contributed by atoms with Crippen LogP contribution in [0, 0.1) is 0 Å². The molecule has 0 heterocycles. The van der Waals surface area contributed by atoms with Gasteiger partial charge in [0, 0.05) is 0 Å². The van der Waals surface area contributed by atoms with Crippen LogP contribution in [0.25, 0.3) is 0 Å². The lowest BCUT2D eigenvalue weighted by molar-refractivity contribution is -0.144. The number of benzene rings is 2. The summed E-state index contributed by atoms with van der Waals surface area (Å²) in [7, 11) is -3.77. The second-order valence-corrected chi connectivity index (χ2v) is 6.19. The van der Waals surface area contributed by atoms with Crippen LogP contribution in [0.4, 0.5) is 0 Å². The molecule has 0 radical (unpaired) electrons. The van der Waals surface area contributed by atoms with Gasteiger partial charge in [-0.25, -0.2) is 17.9 Å². The van der Waals surface area contributed by atoms with Gasteiger partial charge in [0.15, 0.2) is 0 Å². The second-order valence-electron chi connectivity index (χ2n) is 4.42. The molecule has 1 atom stereocenters. The number of nitrogens with one attached hydrogen (secondary N) is 1. The van der Waals surface area contributed by atoms with Crippen LogP contribution >= 0.6 is 0 Å². The molecule has 1 unspecified atom stereocenters. The molecule has 116 valence electrons. The summed E-state index contributed by atoms with van der Waals surface area (Å²) in [6.45, 7) is -0.374. The number of ether oxygens (including phenoxy) is 1. The van der Waals surface area contributed by atoms with Crippen LogP contribution < -0.4 is 9.46 Å². The predicted molar refractivity (Wildman–Crippen MR) is 80.1 cm³/mol. The molecule has 0 fully saturated rings. The molecule has 0 bridgehead atoms. The summed E-state index contributed by atoms with van der Waals surface area (Å²) >= 11 is 0. The molecule has 0 saturated carbocycles. The van der Waals surface area contributed by atoms with E-state index in [9.17, 15) is 13.2 Å². The van der Waals surface area contributed by atoms with E-state index in [1.54, 1.807) is 48.5 Å². The number of hydrogen-bond acceptors (Lipinski definition) is 4. The number of hydrogen-bond donors (Lipinski definition) is 2. The van der Waals surface area contributed by atoms with Gasteiger partial charge < -0.3 is 9.84 Å². The number of sulfonamides is 1. The average molecular weight is 321 g/mol. The zero-order valence-electron chi connectivity index (χ0n) is 11.5. The van der Waals surface area contributed by atoms with Crippen LogP contribution in [0.2, 0.25) is 0 Å². The van der Waals surface area contributed by atoms with E-state index in [1.807, 2.05) is 0 Å². The fourth-order valence-electron chi connectivity index (χ4n) is 1.71. The molecule has 2 aromatic carbocycles. The number of carboxylic acid groups (broad SMARTS) is 1. The van der Waals surface area contributed by atoms with Gasteiger partial charge in [0.25, 0.3) is 0 Å². The van der Waals surface area contributed by atoms with Crippen molar-refractivity contribution in [3.05, 3.63) is 60.7 Å². The predicted octanol–water partition coefficient (Wildman–Crippen LogP) is 1.50. The SMILES string of the molecule is O=C(O)C(CNS(=O)(=O)c1ccccc1)Oc1ccccc1. The molecule has 2 N–H and O–H groups in total. The van der Waals surface area contributed by atoms with Crippen molar-refractivity contribution in [1.29, 1.82) is 0 Å². The molecule has 22 heavy (non-hydrogen) atoms. The van der Waals surface area contributed by atoms with Crippen LogP contribution in [-0.2, 0) is 14.8 Å². The summed E-state index contributed by atoms with van der Waals surface area (Å²) in [6.07, 6.45) is -1.32. The van der Waals surface area contributed by atoms with Crippen LogP contribution in [0.1, 0.15) is 0 Å². The van der Waals surface area contributed by atoms with Crippen LogP contribution in [0.15, 0.2) is 65.6 Å². The normalized spacial score (nSPS) is 12.5. The average Bonchev–Trinajstić information content (AvgIpc) is 2.53. The monoisotopic (exact) mass is 321 g/mol. The Labute approximate surface area is 128 Å². The quantitative estimate of drug-likeness (QED) is 0.806. The van der Waals surface area contributed by atoms with Gasteiger partial charge in [-0.15, -0.1) is 0 Å². The highest BCUT2D eigenvalue weighted by Crippen LogP contribution is 2.12. The van der Waals surface area contributed by atoms with Crippen molar-refractivity contribution in [3.63, 3.8) is 0 Å². The number of aliphatic carboxylic acids is 1. The number of para-hydroxylation sites is 1. The highest BCUT2D eigenvalue weighted by molar-refractivity contribution is 7.89. The van der Waals surface area contributed by atoms with Gasteiger partial charge >= 0.3 is 5.97 Å². The maximum absolute atomic E-state index is 12.1. The van der Waals surface area contributed by atoms with E-state index in [0.717, 1.165) is 0 Å². The first kappa shape index (κ1) is 16.0. The Hall–Kier alpha value is -2.38. The van der Waals surface area contributed by atoms with Gasteiger partial charge in [-0.1, -0.05) is 36.4 Å². The molecule has 0 aromatic heterocycles. The van der Waals surface area contributed by atoms with Crippen LogP contribution in [0.3, 0.4) is 0 Å². The topological polar surface area (TPSA) is 92.7 Å². The number of carboxylic acids is 1. The second kappa shape index (κ2) is 7.06. The molecule has 0 spiro atoms. The lowest BCUT2D eigenvalue weighted by Crippen LogP contribution is -2.40. The maximum atomic E-state index is 12.1. The Balaban J connectivity index is 2.05. The van der Waals surface area contributed by atoms with Gasteiger partial charge in [0.1, 0.15) is 5.75 Å². The number of carbonyl (C=O) groups is 1. The summed E-state index contributed by atoms with van der Waals surface area (Å²) < 4.78 is 31.6. The van der Waals surface area contributed by atoms with E-state index in [0.29, 0.717) is 5.75 Å². The first-order valence-corrected chi connectivity index (χ1v) is 7.96. The highest BCUT2D eigenvalue weighted by Gasteiger charge is 2.23. The summed E-state index contributed by atoms with van der Waals surface area (Å²) in [6, 6.07) is 16.1. The Bertz CT molecular complexity index is 716. The molecular formula is C15H15NO5S. The van der Waals surface area contributed by atoms with Crippen molar-refractivity contribution in [3.8, 4) is 5.75 Å². The molecule has 0 aliphatic carbocycles. The van der Waals surface area contributed by atoms with Crippen LogP contribution in [-0.4, -0.2) is 32.1 Å². The molecule has 7 heteroatoms. The van der Waals surface area contributed by atoms with Gasteiger partial charge in [-0.05, 0) is 24.3 Å². The van der Waals surface area contributed by atoms with E-state index in [4.69, 9.17) is 9.84 Å². The molecule has 0 saturated heterocycles. The third-order valence-corrected chi connectivity index (χ3v) is 4.25. The highest BCUT2D eigenvalue weighted by atomic mass is 32.2. The van der Waals surface area contributed by atoms with Crippen molar-refractivity contribution in [2.24, 2.45) is 0 Å². The first-order chi connectivity index (χ1) is 10.5. The zero-order chi connectivity index (χ0) is 16.0. The molecule has 0 aliphatic heterocycles. The standard InChI is InChI=1S/C15H15NO5S/c17-15(18)14(21-12-7-3-1-4-8-12)11-16-22(19,20)13-9-5-2-6-10-13/h1-10,14,16H,11H2,(H,17,18). The van der Waals surface area contributed by atoms with Crippen LogP contribution in [0.5, 0.6) is 5.75 Å². The van der Waals surface area contributed by atoms with Gasteiger partial charge in [-0.2, -0.15) is 0 Å². The summed E-state index contributed by atoms with van der Waals surface area (Å²) in [5.74, 6) is -0.895. The molecule has 2 rings (SSSR count). The van der Waals surface area contributed by atoms with Gasteiger partial charge in [0.2, 0.25) is 16.1 Å². The molecule has 2 aromatic rings. The van der Waals surface area contributed by atoms with Crippen molar-refractivity contribution < 1.29 is 23.1 Å². The fourth-order valence-corrected chi connectivity index (χ4v) is 2.76. The van der Waals surface area contributed by atoms with Crippen molar-refractivity contribution >= 4 is 16.0 Å². The lowest BCUT2D eigenvalue weighted by atomic mass is 10.3. The van der Waals surface area contributed by atoms with Gasteiger partial charge in [0.05, 0.1) is 11.4 Å².